The van der Waals surface area contributed by atoms with Gasteiger partial charge >= 0.3 is 0 Å². The molecule has 1 heterocycles. The molecule has 5 heteroatoms. The third-order valence-electron chi connectivity index (χ3n) is 2.93. The molecule has 1 aromatic carbocycles. The largest absolute Gasteiger partial charge is 0.508 e. The number of sulfone groups is 1. The zero-order valence-corrected chi connectivity index (χ0v) is 9.92. The Hall–Kier alpha value is -1.07. The van der Waals surface area contributed by atoms with Gasteiger partial charge in [0.05, 0.1) is 4.90 Å². The fourth-order valence-electron chi connectivity index (χ4n) is 2.01. The Kier molecular flexibility index (Phi) is 2.90. The Morgan fingerprint density at radius 1 is 1.44 bits per heavy atom. The number of nitrogens with one attached hydrogen (secondary N) is 1. The van der Waals surface area contributed by atoms with Crippen molar-refractivity contribution in [2.45, 2.75) is 17.2 Å². The van der Waals surface area contributed by atoms with Crippen LogP contribution in [0.1, 0.15) is 17.9 Å². The van der Waals surface area contributed by atoms with E-state index in [1.165, 1.54) is 18.4 Å². The first-order valence-corrected chi connectivity index (χ1v) is 7.11. The number of hydrogen-bond donors (Lipinski definition) is 2. The van der Waals surface area contributed by atoms with Crippen LogP contribution in [0.5, 0.6) is 5.75 Å². The van der Waals surface area contributed by atoms with Crippen LogP contribution in [0.15, 0.2) is 23.1 Å². The summed E-state index contributed by atoms with van der Waals surface area (Å²) in [4.78, 5) is 0.271. The van der Waals surface area contributed by atoms with Crippen molar-refractivity contribution in [2.24, 2.45) is 0 Å². The smallest absolute Gasteiger partial charge is 0.175 e. The quantitative estimate of drug-likeness (QED) is 0.806. The van der Waals surface area contributed by atoms with Gasteiger partial charge in [0.25, 0.3) is 0 Å². The molecule has 2 N–H and O–H groups in total. The lowest BCUT2D eigenvalue weighted by Gasteiger charge is -2.12. The highest BCUT2D eigenvalue weighted by Gasteiger charge is 2.21. The molecule has 0 spiro atoms. The molecule has 88 valence electrons. The van der Waals surface area contributed by atoms with E-state index in [2.05, 4.69) is 5.32 Å². The Morgan fingerprint density at radius 2 is 2.19 bits per heavy atom. The molecule has 0 bridgehead atoms. The molecule has 1 aromatic rings. The predicted octanol–water partition coefficient (Wildman–Crippen LogP) is 0.873. The van der Waals surface area contributed by atoms with Gasteiger partial charge in [0.1, 0.15) is 5.75 Å². The monoisotopic (exact) mass is 241 g/mol. The molecule has 1 unspecified atom stereocenters. The van der Waals surface area contributed by atoms with E-state index in [-0.39, 0.29) is 16.6 Å². The highest BCUT2D eigenvalue weighted by Crippen LogP contribution is 2.31. The lowest BCUT2D eigenvalue weighted by molar-refractivity contribution is 0.462. The zero-order valence-electron chi connectivity index (χ0n) is 9.10. The van der Waals surface area contributed by atoms with Crippen LogP contribution in [-0.2, 0) is 9.84 Å². The van der Waals surface area contributed by atoms with E-state index >= 15 is 0 Å². The van der Waals surface area contributed by atoms with Gasteiger partial charge in [0.15, 0.2) is 9.84 Å². The number of aromatic hydroxyl groups is 1. The van der Waals surface area contributed by atoms with Crippen LogP contribution in [0.4, 0.5) is 0 Å². The minimum absolute atomic E-state index is 0.182. The minimum atomic E-state index is -3.20. The highest BCUT2D eigenvalue weighted by atomic mass is 32.2. The van der Waals surface area contributed by atoms with Gasteiger partial charge in [-0.15, -0.1) is 0 Å². The average molecular weight is 241 g/mol. The van der Waals surface area contributed by atoms with Crippen molar-refractivity contribution in [1.29, 1.82) is 0 Å². The number of phenols is 1. The van der Waals surface area contributed by atoms with E-state index in [4.69, 9.17) is 0 Å². The van der Waals surface area contributed by atoms with Crippen molar-refractivity contribution >= 4 is 9.84 Å². The van der Waals surface area contributed by atoms with Gasteiger partial charge in [-0.3, -0.25) is 0 Å². The maximum Gasteiger partial charge on any atom is 0.175 e. The molecule has 1 atom stereocenters. The Balaban J connectivity index is 2.44. The first-order valence-electron chi connectivity index (χ1n) is 5.22. The topological polar surface area (TPSA) is 66.4 Å². The maximum absolute atomic E-state index is 11.4. The van der Waals surface area contributed by atoms with Crippen LogP contribution in [0.25, 0.3) is 0 Å². The van der Waals surface area contributed by atoms with E-state index in [1.54, 1.807) is 6.07 Å². The zero-order chi connectivity index (χ0) is 11.8. The van der Waals surface area contributed by atoms with Gasteiger partial charge in [-0.05, 0) is 36.7 Å². The summed E-state index contributed by atoms with van der Waals surface area (Å²) in [5, 5.41) is 12.9. The summed E-state index contributed by atoms with van der Waals surface area (Å²) in [6.45, 7) is 1.70. The van der Waals surface area contributed by atoms with Gasteiger partial charge in [-0.25, -0.2) is 8.42 Å². The summed E-state index contributed by atoms with van der Waals surface area (Å²) in [5.41, 5.74) is 0.730. The van der Waals surface area contributed by atoms with Crippen LogP contribution in [-0.4, -0.2) is 32.9 Å². The number of rotatable bonds is 2. The molecule has 1 aliphatic heterocycles. The lowest BCUT2D eigenvalue weighted by Crippen LogP contribution is -2.08. The Bertz CT molecular complexity index is 490. The van der Waals surface area contributed by atoms with Crippen molar-refractivity contribution in [1.82, 2.24) is 5.32 Å². The average Bonchev–Trinajstić information content (AvgIpc) is 2.69. The molecule has 1 aliphatic rings. The summed E-state index contributed by atoms with van der Waals surface area (Å²) in [6.07, 6.45) is 2.11. The van der Waals surface area contributed by atoms with Crippen molar-refractivity contribution in [3.63, 3.8) is 0 Å². The van der Waals surface area contributed by atoms with E-state index in [0.717, 1.165) is 25.1 Å². The first-order chi connectivity index (χ1) is 7.48. The molecule has 1 fully saturated rings. The summed E-state index contributed by atoms with van der Waals surface area (Å²) >= 11 is 0. The molecule has 0 aliphatic carbocycles. The molecular formula is C11H15NO3S. The molecule has 4 nitrogen and oxygen atoms in total. The van der Waals surface area contributed by atoms with E-state index in [0.29, 0.717) is 0 Å². The fourth-order valence-corrected chi connectivity index (χ4v) is 2.67. The SMILES string of the molecule is CS(=O)(=O)c1ccc(O)c(C2CCNC2)c1. The molecule has 1 saturated heterocycles. The van der Waals surface area contributed by atoms with Gasteiger partial charge < -0.3 is 10.4 Å². The molecule has 0 amide bonds. The fraction of sp³-hybridized carbons (Fsp3) is 0.455. The summed E-state index contributed by atoms with van der Waals surface area (Å²) in [7, 11) is -3.20. The first kappa shape index (κ1) is 11.4. The highest BCUT2D eigenvalue weighted by molar-refractivity contribution is 7.90. The van der Waals surface area contributed by atoms with Gasteiger partial charge in [-0.2, -0.15) is 0 Å². The molecule has 16 heavy (non-hydrogen) atoms. The molecule has 0 saturated carbocycles. The third-order valence-corrected chi connectivity index (χ3v) is 4.04. The summed E-state index contributed by atoms with van der Waals surface area (Å²) in [6, 6.07) is 4.49. The molecular weight excluding hydrogens is 226 g/mol. The van der Waals surface area contributed by atoms with Crippen LogP contribution in [0.2, 0.25) is 0 Å². The maximum atomic E-state index is 11.4. The van der Waals surface area contributed by atoms with Crippen molar-refractivity contribution in [3.8, 4) is 5.75 Å². The summed E-state index contributed by atoms with van der Waals surface area (Å²) in [5.74, 6) is 0.391. The summed E-state index contributed by atoms with van der Waals surface area (Å²) < 4.78 is 22.8. The Labute approximate surface area is 95.2 Å². The van der Waals surface area contributed by atoms with E-state index < -0.39 is 9.84 Å². The minimum Gasteiger partial charge on any atom is -0.508 e. The second kappa shape index (κ2) is 4.07. The van der Waals surface area contributed by atoms with Gasteiger partial charge in [0, 0.05) is 18.7 Å². The standard InChI is InChI=1S/C11H15NO3S/c1-16(14,15)9-2-3-11(13)10(6-9)8-4-5-12-7-8/h2-3,6,8,12-13H,4-5,7H2,1H3. The predicted molar refractivity (Wildman–Crippen MR) is 61.4 cm³/mol. The molecule has 2 rings (SSSR count). The third kappa shape index (κ3) is 2.20. The van der Waals surface area contributed by atoms with Gasteiger partial charge in [0.2, 0.25) is 0 Å². The second-order valence-electron chi connectivity index (χ2n) is 4.18. The van der Waals surface area contributed by atoms with Gasteiger partial charge in [-0.1, -0.05) is 0 Å². The van der Waals surface area contributed by atoms with Crippen LogP contribution in [0, 0.1) is 0 Å². The van der Waals surface area contributed by atoms with Crippen LogP contribution in [0.3, 0.4) is 0 Å². The van der Waals surface area contributed by atoms with Crippen molar-refractivity contribution in [2.75, 3.05) is 19.3 Å². The van der Waals surface area contributed by atoms with E-state index in [9.17, 15) is 13.5 Å². The van der Waals surface area contributed by atoms with Crippen LogP contribution >= 0.6 is 0 Å². The van der Waals surface area contributed by atoms with Crippen molar-refractivity contribution in [3.05, 3.63) is 23.8 Å². The normalized spacial score (nSPS) is 21.2. The van der Waals surface area contributed by atoms with E-state index in [1.807, 2.05) is 0 Å². The molecule has 0 aromatic heterocycles. The lowest BCUT2D eigenvalue weighted by atomic mass is 9.97. The number of hydrogen-bond acceptors (Lipinski definition) is 4. The van der Waals surface area contributed by atoms with Crippen molar-refractivity contribution < 1.29 is 13.5 Å². The second-order valence-corrected chi connectivity index (χ2v) is 6.20. The van der Waals surface area contributed by atoms with Crippen LogP contribution < -0.4 is 5.32 Å². The number of benzene rings is 1. The Morgan fingerprint density at radius 3 is 2.75 bits per heavy atom. The molecule has 0 radical (unpaired) electrons. The number of phenolic OH excluding ortho intramolecular Hbond substituents is 1.